The van der Waals surface area contributed by atoms with Gasteiger partial charge in [0.2, 0.25) is 0 Å². The van der Waals surface area contributed by atoms with Crippen LogP contribution in [-0.4, -0.2) is 66.8 Å². The average molecular weight is 255 g/mol. The van der Waals surface area contributed by atoms with Gasteiger partial charge in [0.25, 0.3) is 0 Å². The molecule has 0 spiro atoms. The van der Waals surface area contributed by atoms with Gasteiger partial charge in [0, 0.05) is 39.3 Å². The highest BCUT2D eigenvalue weighted by molar-refractivity contribution is 5.74. The third kappa shape index (κ3) is 3.85. The summed E-state index contributed by atoms with van der Waals surface area (Å²) >= 11 is 0. The highest BCUT2D eigenvalue weighted by Gasteiger charge is 2.22. The van der Waals surface area contributed by atoms with Crippen molar-refractivity contribution in [1.82, 2.24) is 15.1 Å². The van der Waals surface area contributed by atoms with E-state index < -0.39 is 0 Å². The number of β-amino-alcohol motifs (C(OH)–C–C–N with tert-alkyl or cyclic N) is 1. The molecule has 1 aliphatic carbocycles. The van der Waals surface area contributed by atoms with Gasteiger partial charge in [-0.3, -0.25) is 4.90 Å². The van der Waals surface area contributed by atoms with Gasteiger partial charge < -0.3 is 15.3 Å². The number of carbonyl (C=O) groups excluding carboxylic acids is 1. The Labute approximate surface area is 109 Å². The Bertz CT molecular complexity index is 259. The Kier molecular flexibility index (Phi) is 5.26. The maximum atomic E-state index is 12.0. The van der Waals surface area contributed by atoms with Crippen LogP contribution in [0.15, 0.2) is 0 Å². The van der Waals surface area contributed by atoms with Crippen molar-refractivity contribution in [3.05, 3.63) is 0 Å². The number of hydrogen-bond donors (Lipinski definition) is 2. The number of rotatable bonds is 4. The van der Waals surface area contributed by atoms with Crippen molar-refractivity contribution in [3.63, 3.8) is 0 Å². The molecule has 0 aromatic heterocycles. The van der Waals surface area contributed by atoms with Gasteiger partial charge in [0.1, 0.15) is 0 Å². The lowest BCUT2D eigenvalue weighted by Crippen LogP contribution is -2.52. The molecule has 104 valence electrons. The second-order valence-electron chi connectivity index (χ2n) is 5.39. The van der Waals surface area contributed by atoms with E-state index in [0.29, 0.717) is 5.92 Å². The molecule has 1 saturated heterocycles. The quantitative estimate of drug-likeness (QED) is 0.769. The smallest absolute Gasteiger partial charge is 0.317 e. The van der Waals surface area contributed by atoms with E-state index in [4.69, 9.17) is 5.11 Å². The Morgan fingerprint density at radius 1 is 1.17 bits per heavy atom. The van der Waals surface area contributed by atoms with E-state index in [1.54, 1.807) is 0 Å². The third-order valence-electron chi connectivity index (χ3n) is 4.09. The van der Waals surface area contributed by atoms with E-state index in [2.05, 4.69) is 10.2 Å². The number of nitrogens with one attached hydrogen (secondary N) is 1. The van der Waals surface area contributed by atoms with E-state index >= 15 is 0 Å². The van der Waals surface area contributed by atoms with Crippen molar-refractivity contribution in [2.45, 2.75) is 25.7 Å². The van der Waals surface area contributed by atoms with Gasteiger partial charge in [-0.2, -0.15) is 0 Å². The highest BCUT2D eigenvalue weighted by atomic mass is 16.3. The molecule has 1 heterocycles. The first-order valence-corrected chi connectivity index (χ1v) is 7.15. The number of aliphatic hydroxyl groups is 1. The number of aliphatic hydroxyl groups excluding tert-OH is 1. The molecule has 1 saturated carbocycles. The standard InChI is InChI=1S/C13H25N3O2/c17-10-9-15-5-7-16(8-6-15)13(18)14-11-12-3-1-2-4-12/h12,17H,1-11H2,(H,14,18). The van der Waals surface area contributed by atoms with Crippen LogP contribution in [0.4, 0.5) is 4.79 Å². The maximum absolute atomic E-state index is 12.0. The van der Waals surface area contributed by atoms with Crippen molar-refractivity contribution in [1.29, 1.82) is 0 Å². The zero-order chi connectivity index (χ0) is 12.8. The molecule has 0 radical (unpaired) electrons. The molecule has 5 nitrogen and oxygen atoms in total. The highest BCUT2D eigenvalue weighted by Crippen LogP contribution is 2.23. The average Bonchev–Trinajstić information content (AvgIpc) is 2.90. The minimum Gasteiger partial charge on any atom is -0.395 e. The fourth-order valence-corrected chi connectivity index (χ4v) is 2.87. The minimum atomic E-state index is 0.0885. The molecule has 2 aliphatic rings. The second-order valence-corrected chi connectivity index (χ2v) is 5.39. The van der Waals surface area contributed by atoms with Gasteiger partial charge in [-0.25, -0.2) is 4.79 Å². The Hall–Kier alpha value is -0.810. The van der Waals surface area contributed by atoms with Gasteiger partial charge in [-0.05, 0) is 18.8 Å². The first-order chi connectivity index (χ1) is 8.79. The summed E-state index contributed by atoms with van der Waals surface area (Å²) in [5.74, 6) is 0.699. The van der Waals surface area contributed by atoms with E-state index in [-0.39, 0.29) is 12.6 Å². The monoisotopic (exact) mass is 255 g/mol. The van der Waals surface area contributed by atoms with Gasteiger partial charge in [0.15, 0.2) is 0 Å². The van der Waals surface area contributed by atoms with Crippen LogP contribution in [0.5, 0.6) is 0 Å². The molecule has 0 aromatic carbocycles. The van der Waals surface area contributed by atoms with Crippen molar-refractivity contribution < 1.29 is 9.90 Å². The lowest BCUT2D eigenvalue weighted by atomic mass is 10.1. The lowest BCUT2D eigenvalue weighted by Gasteiger charge is -2.34. The summed E-state index contributed by atoms with van der Waals surface area (Å²) in [5, 5.41) is 11.9. The normalized spacial score (nSPS) is 22.4. The van der Waals surface area contributed by atoms with Crippen LogP contribution >= 0.6 is 0 Å². The zero-order valence-electron chi connectivity index (χ0n) is 11.1. The van der Waals surface area contributed by atoms with Crippen LogP contribution < -0.4 is 5.32 Å². The van der Waals surface area contributed by atoms with Crippen LogP contribution in [0.3, 0.4) is 0 Å². The number of amides is 2. The molecular formula is C13H25N3O2. The number of hydrogen-bond acceptors (Lipinski definition) is 3. The van der Waals surface area contributed by atoms with Crippen LogP contribution in [-0.2, 0) is 0 Å². The number of nitrogens with zero attached hydrogens (tertiary/aromatic N) is 2. The molecule has 2 N–H and O–H groups in total. The van der Waals surface area contributed by atoms with Crippen LogP contribution in [0.25, 0.3) is 0 Å². The molecule has 2 amide bonds. The fraction of sp³-hybridized carbons (Fsp3) is 0.923. The van der Waals surface area contributed by atoms with E-state index in [0.717, 1.165) is 39.3 Å². The van der Waals surface area contributed by atoms with Crippen LogP contribution in [0.2, 0.25) is 0 Å². The summed E-state index contributed by atoms with van der Waals surface area (Å²) in [6.45, 7) is 5.06. The molecule has 0 atom stereocenters. The molecular weight excluding hydrogens is 230 g/mol. The zero-order valence-corrected chi connectivity index (χ0v) is 11.1. The van der Waals surface area contributed by atoms with Crippen molar-refractivity contribution >= 4 is 6.03 Å². The summed E-state index contributed by atoms with van der Waals surface area (Å²) in [4.78, 5) is 16.1. The molecule has 0 bridgehead atoms. The summed E-state index contributed by atoms with van der Waals surface area (Å²) in [5.41, 5.74) is 0. The topological polar surface area (TPSA) is 55.8 Å². The predicted octanol–water partition coefficient (Wildman–Crippen LogP) is 0.496. The largest absolute Gasteiger partial charge is 0.395 e. The van der Waals surface area contributed by atoms with Gasteiger partial charge in [-0.1, -0.05) is 12.8 Å². The van der Waals surface area contributed by atoms with Crippen molar-refractivity contribution in [3.8, 4) is 0 Å². The molecule has 1 aliphatic heterocycles. The summed E-state index contributed by atoms with van der Waals surface area (Å²) < 4.78 is 0. The molecule has 2 rings (SSSR count). The molecule has 2 fully saturated rings. The molecule has 0 aromatic rings. The first kappa shape index (κ1) is 13.6. The fourth-order valence-electron chi connectivity index (χ4n) is 2.87. The maximum Gasteiger partial charge on any atom is 0.317 e. The van der Waals surface area contributed by atoms with Crippen LogP contribution in [0, 0.1) is 5.92 Å². The van der Waals surface area contributed by atoms with Gasteiger partial charge >= 0.3 is 6.03 Å². The summed E-state index contributed by atoms with van der Waals surface area (Å²) in [6, 6.07) is 0.0885. The molecule has 18 heavy (non-hydrogen) atoms. The molecule has 0 unspecified atom stereocenters. The van der Waals surface area contributed by atoms with Crippen molar-refractivity contribution in [2.24, 2.45) is 5.92 Å². The van der Waals surface area contributed by atoms with Crippen LogP contribution in [0.1, 0.15) is 25.7 Å². The number of urea groups is 1. The SMILES string of the molecule is O=C(NCC1CCCC1)N1CCN(CCO)CC1. The van der Waals surface area contributed by atoms with Crippen molar-refractivity contribution in [2.75, 3.05) is 45.9 Å². The summed E-state index contributed by atoms with van der Waals surface area (Å²) in [6.07, 6.45) is 5.18. The predicted molar refractivity (Wildman–Crippen MR) is 70.5 cm³/mol. The van der Waals surface area contributed by atoms with Gasteiger partial charge in [-0.15, -0.1) is 0 Å². The van der Waals surface area contributed by atoms with E-state index in [1.165, 1.54) is 25.7 Å². The Morgan fingerprint density at radius 3 is 2.44 bits per heavy atom. The first-order valence-electron chi connectivity index (χ1n) is 7.15. The molecule has 5 heteroatoms. The van der Waals surface area contributed by atoms with E-state index in [9.17, 15) is 4.79 Å². The summed E-state index contributed by atoms with van der Waals surface area (Å²) in [7, 11) is 0. The number of carbonyl (C=O) groups is 1. The second kappa shape index (κ2) is 6.95. The third-order valence-corrected chi connectivity index (χ3v) is 4.09. The van der Waals surface area contributed by atoms with E-state index in [1.807, 2.05) is 4.90 Å². The Morgan fingerprint density at radius 2 is 1.83 bits per heavy atom. The van der Waals surface area contributed by atoms with Gasteiger partial charge in [0.05, 0.1) is 6.61 Å². The number of piperazine rings is 1. The lowest BCUT2D eigenvalue weighted by molar-refractivity contribution is 0.121. The minimum absolute atomic E-state index is 0.0885. The Balaban J connectivity index is 1.64.